The normalized spacial score (nSPS) is 11.6. The SMILES string of the molecule is CC(=O)c1ccc(NC(=O)/C=C/C(=O)OCC(F)(F)C(F)F)cc1. The molecule has 0 saturated carbocycles. The van der Waals surface area contributed by atoms with Gasteiger partial charge >= 0.3 is 18.3 Å². The summed E-state index contributed by atoms with van der Waals surface area (Å²) < 4.78 is 52.7. The van der Waals surface area contributed by atoms with E-state index >= 15 is 0 Å². The Balaban J connectivity index is 2.50. The summed E-state index contributed by atoms with van der Waals surface area (Å²) in [6.45, 7) is -0.415. The van der Waals surface area contributed by atoms with Gasteiger partial charge in [-0.15, -0.1) is 0 Å². The zero-order valence-corrected chi connectivity index (χ0v) is 12.4. The average Bonchev–Trinajstić information content (AvgIpc) is 2.51. The predicted molar refractivity (Wildman–Crippen MR) is 76.1 cm³/mol. The Hall–Kier alpha value is -2.71. The Bertz CT molecular complexity index is 641. The average molecular weight is 347 g/mol. The number of Topliss-reactive ketones (excluding diaryl/α,β-unsaturated/α-hetero) is 1. The molecular weight excluding hydrogens is 334 g/mol. The summed E-state index contributed by atoms with van der Waals surface area (Å²) in [5.41, 5.74) is 0.763. The van der Waals surface area contributed by atoms with Gasteiger partial charge in [0.1, 0.15) is 0 Å². The highest BCUT2D eigenvalue weighted by molar-refractivity contribution is 6.03. The van der Waals surface area contributed by atoms with Gasteiger partial charge in [0.05, 0.1) is 0 Å². The first-order valence-corrected chi connectivity index (χ1v) is 6.54. The van der Waals surface area contributed by atoms with Crippen LogP contribution in [0.1, 0.15) is 17.3 Å². The summed E-state index contributed by atoms with van der Waals surface area (Å²) in [4.78, 5) is 33.7. The smallest absolute Gasteiger partial charge is 0.340 e. The van der Waals surface area contributed by atoms with Crippen LogP contribution >= 0.6 is 0 Å². The number of hydrogen-bond acceptors (Lipinski definition) is 4. The minimum absolute atomic E-state index is 0.156. The lowest BCUT2D eigenvalue weighted by molar-refractivity contribution is -0.176. The molecule has 0 bridgehead atoms. The van der Waals surface area contributed by atoms with E-state index < -0.39 is 30.8 Å². The van der Waals surface area contributed by atoms with E-state index in [0.717, 1.165) is 0 Å². The molecule has 5 nitrogen and oxygen atoms in total. The molecule has 1 rings (SSSR count). The number of halogens is 4. The third-order valence-electron chi connectivity index (χ3n) is 2.66. The number of hydrogen-bond donors (Lipinski definition) is 1. The van der Waals surface area contributed by atoms with E-state index in [1.165, 1.54) is 31.2 Å². The predicted octanol–water partition coefficient (Wildman–Crippen LogP) is 2.83. The second-order valence-corrected chi connectivity index (χ2v) is 4.63. The maximum Gasteiger partial charge on any atom is 0.340 e. The van der Waals surface area contributed by atoms with E-state index in [1.807, 2.05) is 0 Å². The van der Waals surface area contributed by atoms with Crippen molar-refractivity contribution in [3.63, 3.8) is 0 Å². The van der Waals surface area contributed by atoms with Gasteiger partial charge in [-0.1, -0.05) is 0 Å². The molecule has 0 aliphatic rings. The number of carbonyl (C=O) groups excluding carboxylic acids is 3. The van der Waals surface area contributed by atoms with Crippen molar-refractivity contribution in [1.82, 2.24) is 0 Å². The number of ether oxygens (including phenoxy) is 1. The van der Waals surface area contributed by atoms with Crippen molar-refractivity contribution in [2.24, 2.45) is 0 Å². The number of ketones is 1. The lowest BCUT2D eigenvalue weighted by Gasteiger charge is -2.13. The quantitative estimate of drug-likeness (QED) is 0.356. The molecule has 1 N–H and O–H groups in total. The summed E-state index contributed by atoms with van der Waals surface area (Å²) in [6.07, 6.45) is -2.74. The second-order valence-electron chi connectivity index (χ2n) is 4.63. The molecule has 0 unspecified atom stereocenters. The van der Waals surface area contributed by atoms with Crippen molar-refractivity contribution in [2.75, 3.05) is 11.9 Å². The van der Waals surface area contributed by atoms with E-state index in [0.29, 0.717) is 23.4 Å². The van der Waals surface area contributed by atoms with Gasteiger partial charge in [-0.3, -0.25) is 9.59 Å². The molecule has 0 saturated heterocycles. The van der Waals surface area contributed by atoms with E-state index in [9.17, 15) is 31.9 Å². The first kappa shape index (κ1) is 19.3. The Labute approximate surface area is 134 Å². The van der Waals surface area contributed by atoms with Crippen molar-refractivity contribution in [1.29, 1.82) is 0 Å². The Morgan fingerprint density at radius 2 is 1.75 bits per heavy atom. The van der Waals surface area contributed by atoms with Crippen molar-refractivity contribution >= 4 is 23.3 Å². The monoisotopic (exact) mass is 347 g/mol. The first-order valence-electron chi connectivity index (χ1n) is 6.54. The zero-order valence-electron chi connectivity index (χ0n) is 12.4. The van der Waals surface area contributed by atoms with Gasteiger partial charge in [-0.05, 0) is 31.2 Å². The number of anilines is 1. The van der Waals surface area contributed by atoms with Crippen LogP contribution in [-0.4, -0.2) is 36.6 Å². The summed E-state index contributed by atoms with van der Waals surface area (Å²) in [6, 6.07) is 5.85. The molecule has 0 aromatic heterocycles. The minimum atomic E-state index is -4.45. The van der Waals surface area contributed by atoms with Gasteiger partial charge in [-0.2, -0.15) is 8.78 Å². The molecule has 9 heteroatoms. The van der Waals surface area contributed by atoms with Crippen LogP contribution < -0.4 is 5.32 Å². The highest BCUT2D eigenvalue weighted by Gasteiger charge is 2.42. The lowest BCUT2D eigenvalue weighted by atomic mass is 10.1. The van der Waals surface area contributed by atoms with Crippen LogP contribution in [0.4, 0.5) is 23.2 Å². The largest absolute Gasteiger partial charge is 0.456 e. The fourth-order valence-electron chi connectivity index (χ4n) is 1.39. The van der Waals surface area contributed by atoms with Gasteiger partial charge in [-0.25, -0.2) is 13.6 Å². The standard InChI is InChI=1S/C15H13F4NO4/c1-9(21)10-2-4-11(5-3-10)20-12(22)6-7-13(23)24-8-15(18,19)14(16)17/h2-7,14H,8H2,1H3,(H,20,22)/b7-6+. The summed E-state index contributed by atoms with van der Waals surface area (Å²) in [5, 5.41) is 2.34. The molecule has 0 fully saturated rings. The first-order chi connectivity index (χ1) is 11.1. The molecule has 0 aliphatic heterocycles. The van der Waals surface area contributed by atoms with E-state index in [1.54, 1.807) is 0 Å². The Morgan fingerprint density at radius 1 is 1.17 bits per heavy atom. The van der Waals surface area contributed by atoms with Crippen LogP contribution in [0.15, 0.2) is 36.4 Å². The number of amides is 1. The molecule has 0 radical (unpaired) electrons. The Kier molecular flexibility index (Phi) is 6.63. The minimum Gasteiger partial charge on any atom is -0.456 e. The Morgan fingerprint density at radius 3 is 2.25 bits per heavy atom. The second kappa shape index (κ2) is 8.23. The van der Waals surface area contributed by atoms with Crippen LogP contribution in [0, 0.1) is 0 Å². The highest BCUT2D eigenvalue weighted by Crippen LogP contribution is 2.22. The molecule has 24 heavy (non-hydrogen) atoms. The van der Waals surface area contributed by atoms with Gasteiger partial charge in [0.15, 0.2) is 12.4 Å². The third-order valence-corrected chi connectivity index (χ3v) is 2.66. The molecule has 0 atom stereocenters. The van der Waals surface area contributed by atoms with Crippen molar-refractivity contribution in [3.8, 4) is 0 Å². The van der Waals surface area contributed by atoms with Crippen LogP contribution in [-0.2, 0) is 14.3 Å². The molecule has 1 amide bonds. The van der Waals surface area contributed by atoms with Crippen LogP contribution in [0.3, 0.4) is 0 Å². The van der Waals surface area contributed by atoms with E-state index in [-0.39, 0.29) is 5.78 Å². The fourth-order valence-corrected chi connectivity index (χ4v) is 1.39. The molecular formula is C15H13F4NO4. The molecule has 1 aromatic carbocycles. The maximum atomic E-state index is 12.5. The summed E-state index contributed by atoms with van der Waals surface area (Å²) >= 11 is 0. The number of nitrogens with one attached hydrogen (secondary N) is 1. The van der Waals surface area contributed by atoms with Crippen molar-refractivity contribution in [2.45, 2.75) is 19.3 Å². The lowest BCUT2D eigenvalue weighted by Crippen LogP contribution is -2.33. The van der Waals surface area contributed by atoms with Gasteiger partial charge < -0.3 is 10.1 Å². The van der Waals surface area contributed by atoms with Crippen LogP contribution in [0.2, 0.25) is 0 Å². The summed E-state index contributed by atoms with van der Waals surface area (Å²) in [7, 11) is 0. The van der Waals surface area contributed by atoms with E-state index in [4.69, 9.17) is 0 Å². The fraction of sp³-hybridized carbons (Fsp3) is 0.267. The van der Waals surface area contributed by atoms with Gasteiger partial charge in [0, 0.05) is 23.4 Å². The molecule has 130 valence electrons. The van der Waals surface area contributed by atoms with Crippen LogP contribution in [0.25, 0.3) is 0 Å². The van der Waals surface area contributed by atoms with E-state index in [2.05, 4.69) is 10.1 Å². The number of alkyl halides is 4. The van der Waals surface area contributed by atoms with Crippen molar-refractivity contribution < 1.29 is 36.7 Å². The molecule has 1 aromatic rings. The number of esters is 1. The van der Waals surface area contributed by atoms with Crippen molar-refractivity contribution in [3.05, 3.63) is 42.0 Å². The topological polar surface area (TPSA) is 72.5 Å². The summed E-state index contributed by atoms with van der Waals surface area (Å²) in [5.74, 6) is -6.75. The number of carbonyl (C=O) groups is 3. The molecule has 0 aliphatic carbocycles. The zero-order chi connectivity index (χ0) is 18.3. The number of rotatable bonds is 7. The third kappa shape index (κ3) is 6.19. The molecule has 0 heterocycles. The van der Waals surface area contributed by atoms with Gasteiger partial charge in [0.2, 0.25) is 5.91 Å². The number of benzene rings is 1. The van der Waals surface area contributed by atoms with Crippen LogP contribution in [0.5, 0.6) is 0 Å². The molecule has 0 spiro atoms. The van der Waals surface area contributed by atoms with Gasteiger partial charge in [0.25, 0.3) is 0 Å². The highest BCUT2D eigenvalue weighted by atomic mass is 19.3. The maximum absolute atomic E-state index is 12.5.